The third-order valence-electron chi connectivity index (χ3n) is 2.59. The van der Waals surface area contributed by atoms with Crippen molar-refractivity contribution in [3.63, 3.8) is 0 Å². The van der Waals surface area contributed by atoms with Crippen molar-refractivity contribution < 1.29 is 4.42 Å². The lowest BCUT2D eigenvalue weighted by molar-refractivity contribution is 0.433. The SMILES string of the molecule is CCCNC(c1ccc(C)o1)c1cc(Br)c(Cl)s1. The third kappa shape index (κ3) is 3.18. The van der Waals surface area contributed by atoms with Crippen molar-refractivity contribution in [2.24, 2.45) is 0 Å². The van der Waals surface area contributed by atoms with Gasteiger partial charge in [0.25, 0.3) is 0 Å². The Labute approximate surface area is 124 Å². The van der Waals surface area contributed by atoms with Gasteiger partial charge in [0.1, 0.15) is 21.9 Å². The van der Waals surface area contributed by atoms with E-state index in [1.54, 1.807) is 11.3 Å². The molecule has 0 aliphatic heterocycles. The maximum absolute atomic E-state index is 6.11. The van der Waals surface area contributed by atoms with Gasteiger partial charge in [0.2, 0.25) is 0 Å². The maximum atomic E-state index is 6.11. The summed E-state index contributed by atoms with van der Waals surface area (Å²) in [5.41, 5.74) is 0. The number of thiophene rings is 1. The fourth-order valence-corrected chi connectivity index (χ4v) is 3.56. The smallest absolute Gasteiger partial charge is 0.126 e. The first-order chi connectivity index (χ1) is 8.61. The molecule has 2 aromatic heterocycles. The minimum absolute atomic E-state index is 0.0763. The van der Waals surface area contributed by atoms with Crippen LogP contribution < -0.4 is 5.32 Å². The first kappa shape index (κ1) is 14.1. The Kier molecular flexibility index (Phi) is 4.90. The highest BCUT2D eigenvalue weighted by Gasteiger charge is 2.20. The topological polar surface area (TPSA) is 25.2 Å². The lowest BCUT2D eigenvalue weighted by Gasteiger charge is -2.14. The summed E-state index contributed by atoms with van der Waals surface area (Å²) < 4.78 is 7.45. The molecule has 0 aliphatic rings. The van der Waals surface area contributed by atoms with Gasteiger partial charge in [-0.05, 0) is 54.0 Å². The molecule has 2 heterocycles. The second kappa shape index (κ2) is 6.24. The summed E-state index contributed by atoms with van der Waals surface area (Å²) in [5.74, 6) is 1.86. The number of rotatable bonds is 5. The zero-order chi connectivity index (χ0) is 13.1. The van der Waals surface area contributed by atoms with Crippen LogP contribution in [0.1, 0.15) is 35.8 Å². The van der Waals surface area contributed by atoms with Crippen molar-refractivity contribution in [1.29, 1.82) is 0 Å². The van der Waals surface area contributed by atoms with Crippen LogP contribution in [0.15, 0.2) is 27.1 Å². The first-order valence-corrected chi connectivity index (χ1v) is 7.85. The molecule has 2 aromatic rings. The van der Waals surface area contributed by atoms with E-state index in [1.165, 1.54) is 0 Å². The zero-order valence-electron chi connectivity index (χ0n) is 10.3. The number of halogens is 2. The Morgan fingerprint density at radius 2 is 2.28 bits per heavy atom. The van der Waals surface area contributed by atoms with Gasteiger partial charge in [-0.25, -0.2) is 0 Å². The van der Waals surface area contributed by atoms with Crippen LogP contribution in [0.4, 0.5) is 0 Å². The van der Waals surface area contributed by atoms with Crippen molar-refractivity contribution in [1.82, 2.24) is 5.32 Å². The van der Waals surface area contributed by atoms with Crippen LogP contribution in [0.2, 0.25) is 4.34 Å². The van der Waals surface area contributed by atoms with Gasteiger partial charge >= 0.3 is 0 Å². The number of hydrogen-bond acceptors (Lipinski definition) is 3. The molecule has 2 nitrogen and oxygen atoms in total. The molecule has 0 amide bonds. The Hall–Kier alpha value is -0.290. The molecule has 0 fully saturated rings. The van der Waals surface area contributed by atoms with Crippen molar-refractivity contribution in [3.8, 4) is 0 Å². The number of nitrogens with one attached hydrogen (secondary N) is 1. The van der Waals surface area contributed by atoms with Crippen molar-refractivity contribution in [3.05, 3.63) is 43.4 Å². The Morgan fingerprint density at radius 3 is 2.78 bits per heavy atom. The third-order valence-corrected chi connectivity index (χ3v) is 5.13. The summed E-state index contributed by atoms with van der Waals surface area (Å²) >= 11 is 11.1. The Bertz CT molecular complexity index is 503. The minimum Gasteiger partial charge on any atom is -0.464 e. The normalized spacial score (nSPS) is 12.9. The first-order valence-electron chi connectivity index (χ1n) is 5.86. The Morgan fingerprint density at radius 1 is 1.50 bits per heavy atom. The van der Waals surface area contributed by atoms with E-state index < -0.39 is 0 Å². The van der Waals surface area contributed by atoms with Crippen LogP contribution in [0.5, 0.6) is 0 Å². The fourth-order valence-electron chi connectivity index (χ4n) is 1.74. The van der Waals surface area contributed by atoms with Crippen LogP contribution in [0.3, 0.4) is 0 Å². The van der Waals surface area contributed by atoms with E-state index in [9.17, 15) is 0 Å². The molecule has 0 aromatic carbocycles. The molecule has 0 spiro atoms. The Balaban J connectivity index is 2.30. The van der Waals surface area contributed by atoms with Gasteiger partial charge in [0.15, 0.2) is 0 Å². The number of hydrogen-bond donors (Lipinski definition) is 1. The molecule has 98 valence electrons. The summed E-state index contributed by atoms with van der Waals surface area (Å²) in [4.78, 5) is 1.16. The molecule has 0 saturated heterocycles. The van der Waals surface area contributed by atoms with Crippen LogP contribution >= 0.6 is 38.9 Å². The molecular weight excluding hydrogens is 334 g/mol. The summed E-state index contributed by atoms with van der Waals surface area (Å²) in [6, 6.07) is 6.13. The molecule has 2 rings (SSSR count). The van der Waals surface area contributed by atoms with Crippen LogP contribution in [0.25, 0.3) is 0 Å². The van der Waals surface area contributed by atoms with Gasteiger partial charge in [0.05, 0.1) is 0 Å². The van der Waals surface area contributed by atoms with Gasteiger partial charge < -0.3 is 9.73 Å². The predicted molar refractivity (Wildman–Crippen MR) is 80.6 cm³/mol. The van der Waals surface area contributed by atoms with Gasteiger partial charge in [-0.3, -0.25) is 0 Å². The predicted octanol–water partition coefficient (Wildman–Crippen LogP) is 5.15. The van der Waals surface area contributed by atoms with Gasteiger partial charge in [0, 0.05) is 9.35 Å². The van der Waals surface area contributed by atoms with Crippen LogP contribution in [-0.2, 0) is 0 Å². The summed E-state index contributed by atoms with van der Waals surface area (Å²) in [5, 5.41) is 3.49. The lowest BCUT2D eigenvalue weighted by atomic mass is 10.2. The molecule has 1 unspecified atom stereocenters. The van der Waals surface area contributed by atoms with E-state index in [1.807, 2.05) is 19.1 Å². The summed E-state index contributed by atoms with van der Waals surface area (Å²) in [7, 11) is 0. The minimum atomic E-state index is 0.0763. The average molecular weight is 349 g/mol. The monoisotopic (exact) mass is 347 g/mol. The highest BCUT2D eigenvalue weighted by Crippen LogP contribution is 2.37. The highest BCUT2D eigenvalue weighted by molar-refractivity contribution is 9.10. The molecule has 5 heteroatoms. The second-order valence-electron chi connectivity index (χ2n) is 4.11. The second-order valence-corrected chi connectivity index (χ2v) is 6.65. The van der Waals surface area contributed by atoms with E-state index in [2.05, 4.69) is 34.2 Å². The van der Waals surface area contributed by atoms with Gasteiger partial charge in [-0.1, -0.05) is 18.5 Å². The quantitative estimate of drug-likeness (QED) is 0.808. The van der Waals surface area contributed by atoms with E-state index in [0.717, 1.165) is 38.2 Å². The van der Waals surface area contributed by atoms with E-state index in [-0.39, 0.29) is 6.04 Å². The van der Waals surface area contributed by atoms with E-state index >= 15 is 0 Å². The van der Waals surface area contributed by atoms with Crippen molar-refractivity contribution in [2.45, 2.75) is 26.3 Å². The molecule has 0 radical (unpaired) electrons. The molecule has 0 bridgehead atoms. The summed E-state index contributed by atoms with van der Waals surface area (Å²) in [6.07, 6.45) is 1.08. The maximum Gasteiger partial charge on any atom is 0.126 e. The van der Waals surface area contributed by atoms with Crippen LogP contribution in [-0.4, -0.2) is 6.54 Å². The average Bonchev–Trinajstić information content (AvgIpc) is 2.88. The standard InChI is InChI=1S/C13H15BrClNOS/c1-3-6-16-12(10-5-4-8(2)17-10)11-7-9(14)13(15)18-11/h4-5,7,12,16H,3,6H2,1-2H3. The molecule has 1 atom stereocenters. The fraction of sp³-hybridized carbons (Fsp3) is 0.385. The molecule has 0 aliphatic carbocycles. The van der Waals surface area contributed by atoms with Crippen molar-refractivity contribution >= 4 is 38.9 Å². The molecular formula is C13H15BrClNOS. The van der Waals surface area contributed by atoms with E-state index in [0.29, 0.717) is 0 Å². The summed E-state index contributed by atoms with van der Waals surface area (Å²) in [6.45, 7) is 5.05. The largest absolute Gasteiger partial charge is 0.464 e. The molecule has 1 N–H and O–H groups in total. The van der Waals surface area contributed by atoms with Crippen molar-refractivity contribution in [2.75, 3.05) is 6.54 Å². The molecule has 18 heavy (non-hydrogen) atoms. The molecule has 0 saturated carbocycles. The van der Waals surface area contributed by atoms with Crippen LogP contribution in [0, 0.1) is 6.92 Å². The van der Waals surface area contributed by atoms with Gasteiger partial charge in [-0.2, -0.15) is 0 Å². The zero-order valence-corrected chi connectivity index (χ0v) is 13.5. The van der Waals surface area contributed by atoms with Gasteiger partial charge in [-0.15, -0.1) is 11.3 Å². The number of furan rings is 1. The lowest BCUT2D eigenvalue weighted by Crippen LogP contribution is -2.21. The van der Waals surface area contributed by atoms with E-state index in [4.69, 9.17) is 16.0 Å². The number of aryl methyl sites for hydroxylation is 1. The highest BCUT2D eigenvalue weighted by atomic mass is 79.9.